The fourth-order valence-electron chi connectivity index (χ4n) is 3.18. The fraction of sp³-hybridized carbons (Fsp3) is 0.182. The number of carbonyl (C=O) groups is 1. The number of benzene rings is 2. The monoisotopic (exact) mass is 512 g/mol. The maximum absolute atomic E-state index is 15.1. The van der Waals surface area contributed by atoms with Crippen molar-refractivity contribution < 1.29 is 35.6 Å². The smallest absolute Gasteiger partial charge is 0.277 e. The summed E-state index contributed by atoms with van der Waals surface area (Å²) >= 11 is 0. The highest BCUT2D eigenvalue weighted by Gasteiger charge is 2.25. The fourth-order valence-corrected chi connectivity index (χ4v) is 3.68. The van der Waals surface area contributed by atoms with Crippen molar-refractivity contribution in [3.05, 3.63) is 82.1 Å². The molecule has 35 heavy (non-hydrogen) atoms. The van der Waals surface area contributed by atoms with Crippen molar-refractivity contribution in [2.45, 2.75) is 13.3 Å². The van der Waals surface area contributed by atoms with E-state index in [1.54, 1.807) is 6.92 Å². The van der Waals surface area contributed by atoms with Gasteiger partial charge < -0.3 is 5.32 Å². The molecule has 0 aliphatic rings. The van der Waals surface area contributed by atoms with Crippen LogP contribution in [0.25, 0.3) is 0 Å². The molecule has 186 valence electrons. The molecule has 0 aliphatic carbocycles. The number of amides is 1. The standard InChI is InChI=1S/C22H20F4N4O4S/c1-11-4-5-16(15(23)8-11)28-20-14(22(31)29-34-2)10-13(17(24)19(20)26)9-12-6-7-27-21(18(12)25)30-35(3,32)33/h4-8,10,28H,9H2,1-3H3,(H,27,30)(H,29,31). The molecule has 3 N–H and O–H groups in total. The molecule has 1 aromatic heterocycles. The predicted octanol–water partition coefficient (Wildman–Crippen LogP) is 3.94. The highest BCUT2D eigenvalue weighted by Crippen LogP contribution is 2.32. The van der Waals surface area contributed by atoms with Crippen molar-refractivity contribution >= 4 is 33.1 Å². The third-order valence-electron chi connectivity index (χ3n) is 4.74. The van der Waals surface area contributed by atoms with Gasteiger partial charge in [0.1, 0.15) is 5.82 Å². The third-order valence-corrected chi connectivity index (χ3v) is 5.30. The summed E-state index contributed by atoms with van der Waals surface area (Å²) in [7, 11) is -2.74. The molecule has 0 atom stereocenters. The predicted molar refractivity (Wildman–Crippen MR) is 121 cm³/mol. The summed E-state index contributed by atoms with van der Waals surface area (Å²) in [5.74, 6) is -6.44. The minimum atomic E-state index is -3.86. The Morgan fingerprint density at radius 3 is 2.37 bits per heavy atom. The van der Waals surface area contributed by atoms with Gasteiger partial charge in [0, 0.05) is 12.6 Å². The van der Waals surface area contributed by atoms with Crippen molar-refractivity contribution in [2.75, 3.05) is 23.4 Å². The number of hydrogen-bond acceptors (Lipinski definition) is 6. The number of anilines is 3. The number of sulfonamides is 1. The molecule has 0 saturated heterocycles. The highest BCUT2D eigenvalue weighted by atomic mass is 32.2. The number of nitrogens with one attached hydrogen (secondary N) is 3. The maximum atomic E-state index is 15.1. The van der Waals surface area contributed by atoms with Gasteiger partial charge in [0.05, 0.1) is 30.3 Å². The van der Waals surface area contributed by atoms with E-state index in [1.165, 1.54) is 12.1 Å². The van der Waals surface area contributed by atoms with E-state index < -0.39 is 68.3 Å². The number of halogens is 4. The Morgan fingerprint density at radius 1 is 1.03 bits per heavy atom. The Bertz CT molecular complexity index is 1400. The van der Waals surface area contributed by atoms with E-state index in [1.807, 2.05) is 10.2 Å². The maximum Gasteiger partial charge on any atom is 0.277 e. The minimum Gasteiger partial charge on any atom is -0.350 e. The largest absolute Gasteiger partial charge is 0.350 e. The number of hydroxylamine groups is 1. The summed E-state index contributed by atoms with van der Waals surface area (Å²) in [6.07, 6.45) is 1.30. The van der Waals surface area contributed by atoms with E-state index in [0.29, 0.717) is 5.56 Å². The van der Waals surface area contributed by atoms with Gasteiger partial charge in [-0.2, -0.15) is 0 Å². The molecule has 3 rings (SSSR count). The van der Waals surface area contributed by atoms with Gasteiger partial charge in [-0.25, -0.2) is 36.4 Å². The van der Waals surface area contributed by atoms with Crippen molar-refractivity contribution in [2.24, 2.45) is 0 Å². The van der Waals surface area contributed by atoms with Crippen LogP contribution >= 0.6 is 0 Å². The summed E-state index contributed by atoms with van der Waals surface area (Å²) in [6, 6.07) is 6.07. The van der Waals surface area contributed by atoms with Crippen LogP contribution in [0.3, 0.4) is 0 Å². The molecular formula is C22H20F4N4O4S. The number of aromatic nitrogens is 1. The van der Waals surface area contributed by atoms with Gasteiger partial charge in [0.25, 0.3) is 5.91 Å². The minimum absolute atomic E-state index is 0.218. The summed E-state index contributed by atoms with van der Waals surface area (Å²) < 4.78 is 84.0. The molecule has 2 aromatic carbocycles. The zero-order valence-electron chi connectivity index (χ0n) is 18.7. The molecular weight excluding hydrogens is 492 g/mol. The van der Waals surface area contributed by atoms with Crippen LogP contribution in [0, 0.1) is 30.2 Å². The molecule has 0 saturated carbocycles. The number of rotatable bonds is 8. The molecule has 8 nitrogen and oxygen atoms in total. The molecule has 0 radical (unpaired) electrons. The Kier molecular flexibility index (Phi) is 7.60. The lowest BCUT2D eigenvalue weighted by Crippen LogP contribution is -2.24. The Morgan fingerprint density at radius 2 is 1.74 bits per heavy atom. The molecule has 0 spiro atoms. The first-order valence-electron chi connectivity index (χ1n) is 9.89. The first kappa shape index (κ1) is 25.9. The first-order chi connectivity index (χ1) is 16.4. The van der Waals surface area contributed by atoms with Crippen molar-refractivity contribution in [1.29, 1.82) is 0 Å². The highest BCUT2D eigenvalue weighted by molar-refractivity contribution is 7.92. The van der Waals surface area contributed by atoms with Gasteiger partial charge in [0.2, 0.25) is 10.0 Å². The van der Waals surface area contributed by atoms with Gasteiger partial charge in [-0.3, -0.25) is 14.4 Å². The summed E-state index contributed by atoms with van der Waals surface area (Å²) in [5, 5.41) is 2.39. The number of hydrogen-bond donors (Lipinski definition) is 3. The molecule has 13 heteroatoms. The van der Waals surface area contributed by atoms with Crippen LogP contribution < -0.4 is 15.5 Å². The lowest BCUT2D eigenvalue weighted by Gasteiger charge is -2.17. The second kappa shape index (κ2) is 10.3. The van der Waals surface area contributed by atoms with Crippen LogP contribution in [-0.4, -0.2) is 32.7 Å². The SMILES string of the molecule is CONC(=O)c1cc(Cc2ccnc(NS(C)(=O)=O)c2F)c(F)c(F)c1Nc1ccc(C)cc1F. The third kappa shape index (κ3) is 6.05. The van der Waals surface area contributed by atoms with E-state index in [2.05, 4.69) is 15.1 Å². The van der Waals surface area contributed by atoms with Crippen LogP contribution in [0.1, 0.15) is 27.0 Å². The van der Waals surface area contributed by atoms with Crippen molar-refractivity contribution in [3.8, 4) is 0 Å². The van der Waals surface area contributed by atoms with E-state index in [4.69, 9.17) is 0 Å². The van der Waals surface area contributed by atoms with Crippen molar-refractivity contribution in [3.63, 3.8) is 0 Å². The number of aryl methyl sites for hydroxylation is 1. The number of nitrogens with zero attached hydrogens (tertiary/aromatic N) is 1. The molecule has 1 heterocycles. The quantitative estimate of drug-likeness (QED) is 0.312. The zero-order valence-corrected chi connectivity index (χ0v) is 19.5. The number of pyridine rings is 1. The van der Waals surface area contributed by atoms with Gasteiger partial charge in [0.15, 0.2) is 23.3 Å². The average Bonchev–Trinajstić information content (AvgIpc) is 2.76. The Balaban J connectivity index is 2.09. The van der Waals surface area contributed by atoms with Crippen LogP contribution in [0.15, 0.2) is 36.5 Å². The second-order valence-electron chi connectivity index (χ2n) is 7.51. The molecule has 0 bridgehead atoms. The summed E-state index contributed by atoms with van der Waals surface area (Å²) in [4.78, 5) is 20.7. The molecule has 0 aliphatic heterocycles. The van der Waals surface area contributed by atoms with E-state index in [0.717, 1.165) is 37.8 Å². The molecule has 0 fully saturated rings. The topological polar surface area (TPSA) is 109 Å². The van der Waals surface area contributed by atoms with Crippen molar-refractivity contribution in [1.82, 2.24) is 10.5 Å². The Hall–Kier alpha value is -3.71. The van der Waals surface area contributed by atoms with Crippen LogP contribution in [0.5, 0.6) is 0 Å². The van der Waals surface area contributed by atoms with E-state index in [9.17, 15) is 22.0 Å². The lowest BCUT2D eigenvalue weighted by atomic mass is 9.99. The molecule has 3 aromatic rings. The van der Waals surface area contributed by atoms with E-state index >= 15 is 8.78 Å². The average molecular weight is 512 g/mol. The van der Waals surface area contributed by atoms with Crippen LogP contribution in [-0.2, 0) is 21.3 Å². The molecule has 0 unspecified atom stereocenters. The lowest BCUT2D eigenvalue weighted by molar-refractivity contribution is 0.0538. The van der Waals surface area contributed by atoms with Gasteiger partial charge in [-0.1, -0.05) is 6.07 Å². The van der Waals surface area contributed by atoms with Gasteiger partial charge in [-0.15, -0.1) is 0 Å². The zero-order chi connectivity index (χ0) is 25.9. The number of carbonyl (C=O) groups excluding carboxylic acids is 1. The normalized spacial score (nSPS) is 11.3. The van der Waals surface area contributed by atoms with Crippen LogP contribution in [0.2, 0.25) is 0 Å². The first-order valence-corrected chi connectivity index (χ1v) is 11.8. The summed E-state index contributed by atoms with van der Waals surface area (Å²) in [6.45, 7) is 1.63. The van der Waals surface area contributed by atoms with Gasteiger partial charge in [-0.05, 0) is 47.9 Å². The Labute approximate surface area is 198 Å². The van der Waals surface area contributed by atoms with Gasteiger partial charge >= 0.3 is 0 Å². The second-order valence-corrected chi connectivity index (χ2v) is 9.26. The molecule has 1 amide bonds. The van der Waals surface area contributed by atoms with E-state index in [-0.39, 0.29) is 11.3 Å². The van der Waals surface area contributed by atoms with Crippen LogP contribution in [0.4, 0.5) is 34.8 Å². The summed E-state index contributed by atoms with van der Waals surface area (Å²) in [5.41, 5.74) is 0.548.